The summed E-state index contributed by atoms with van der Waals surface area (Å²) in [5.74, 6) is 0.914. The number of rotatable bonds is 2. The van der Waals surface area contributed by atoms with Crippen LogP contribution in [-0.2, 0) is 11.8 Å². The topological polar surface area (TPSA) is 25.8 Å². The van der Waals surface area contributed by atoms with Gasteiger partial charge in [-0.2, -0.15) is 0 Å². The van der Waals surface area contributed by atoms with E-state index in [1.807, 2.05) is 18.2 Å². The molecule has 18 heavy (non-hydrogen) atoms. The second-order valence-electron chi connectivity index (χ2n) is 3.21. The van der Waals surface area contributed by atoms with E-state index < -0.39 is 0 Å². The average Bonchev–Trinajstić information content (AvgIpc) is 2.41. The Bertz CT molecular complexity index is 474. The minimum Gasteiger partial charge on any atom is -0.244 e. The fraction of sp³-hybridized carbons (Fsp3) is 0.167. The van der Waals surface area contributed by atoms with Crippen LogP contribution in [0, 0.1) is 0 Å². The van der Waals surface area contributed by atoms with Gasteiger partial charge in [0.2, 0.25) is 0 Å². The van der Waals surface area contributed by atoms with Crippen LogP contribution in [-0.4, -0.2) is 9.97 Å². The molecule has 6 heteroatoms. The van der Waals surface area contributed by atoms with E-state index in [1.165, 1.54) is 0 Å². The molecule has 2 rings (SSSR count). The lowest BCUT2D eigenvalue weighted by Crippen LogP contribution is -1.81. The van der Waals surface area contributed by atoms with Crippen LogP contribution < -0.4 is 0 Å². The second kappa shape index (κ2) is 8.54. The third-order valence-corrected chi connectivity index (χ3v) is 3.08. The van der Waals surface area contributed by atoms with Gasteiger partial charge in [0, 0.05) is 23.8 Å². The molecule has 0 aliphatic heterocycles. The molecule has 0 fully saturated rings. The van der Waals surface area contributed by atoms with Crippen LogP contribution in [0.1, 0.15) is 11.1 Å². The zero-order chi connectivity index (χ0) is 13.4. The van der Waals surface area contributed by atoms with Gasteiger partial charge in [-0.05, 0) is 17.7 Å². The highest BCUT2D eigenvalue weighted by Gasteiger charge is 1.95. The summed E-state index contributed by atoms with van der Waals surface area (Å²) >= 11 is 22.1. The molecule has 0 spiro atoms. The number of aromatic nitrogens is 2. The van der Waals surface area contributed by atoms with Gasteiger partial charge in [0.15, 0.2) is 0 Å². The zero-order valence-corrected chi connectivity index (χ0v) is 12.3. The Balaban J connectivity index is 0.000000180. The molecule has 0 aliphatic rings. The minimum atomic E-state index is 0.423. The van der Waals surface area contributed by atoms with Crippen molar-refractivity contribution in [3.8, 4) is 0 Å². The molecule has 0 unspecified atom stereocenters. The van der Waals surface area contributed by atoms with Gasteiger partial charge < -0.3 is 0 Å². The molecule has 0 aromatic carbocycles. The van der Waals surface area contributed by atoms with Crippen LogP contribution in [0.25, 0.3) is 0 Å². The maximum atomic E-state index is 5.63. The third-order valence-electron chi connectivity index (χ3n) is 1.92. The number of pyridine rings is 2. The number of alkyl halides is 2. The lowest BCUT2D eigenvalue weighted by Gasteiger charge is -1.93. The van der Waals surface area contributed by atoms with Gasteiger partial charge in [0.1, 0.15) is 10.3 Å². The monoisotopic (exact) mass is 322 g/mol. The number of hydrogen-bond acceptors (Lipinski definition) is 2. The van der Waals surface area contributed by atoms with Crippen LogP contribution in [0.2, 0.25) is 10.3 Å². The lowest BCUT2D eigenvalue weighted by atomic mass is 10.3. The highest BCUT2D eigenvalue weighted by molar-refractivity contribution is 6.31. The molecule has 0 bridgehead atoms. The average molecular weight is 324 g/mol. The molecule has 0 N–H and O–H groups in total. The van der Waals surface area contributed by atoms with Crippen molar-refractivity contribution in [2.75, 3.05) is 0 Å². The summed E-state index contributed by atoms with van der Waals surface area (Å²) in [7, 11) is 0. The van der Waals surface area contributed by atoms with E-state index in [4.69, 9.17) is 46.4 Å². The highest BCUT2D eigenvalue weighted by atomic mass is 35.5. The van der Waals surface area contributed by atoms with E-state index in [0.717, 1.165) is 11.1 Å². The summed E-state index contributed by atoms with van der Waals surface area (Å²) in [5, 5.41) is 0.997. The van der Waals surface area contributed by atoms with Gasteiger partial charge in [-0.25, -0.2) is 9.97 Å². The van der Waals surface area contributed by atoms with E-state index in [9.17, 15) is 0 Å². The fourth-order valence-electron chi connectivity index (χ4n) is 1.00. The van der Waals surface area contributed by atoms with Gasteiger partial charge in [0.25, 0.3) is 0 Å². The molecular weight excluding hydrogens is 314 g/mol. The summed E-state index contributed by atoms with van der Waals surface area (Å²) < 4.78 is 0. The summed E-state index contributed by atoms with van der Waals surface area (Å²) in [6, 6.07) is 7.23. The first kappa shape index (κ1) is 15.5. The van der Waals surface area contributed by atoms with E-state index in [-0.39, 0.29) is 0 Å². The van der Waals surface area contributed by atoms with Crippen molar-refractivity contribution in [3.63, 3.8) is 0 Å². The van der Waals surface area contributed by atoms with Gasteiger partial charge in [-0.1, -0.05) is 35.3 Å². The van der Waals surface area contributed by atoms with Crippen molar-refractivity contribution in [1.29, 1.82) is 0 Å². The molecule has 2 aromatic rings. The van der Waals surface area contributed by atoms with Crippen LogP contribution in [0.4, 0.5) is 0 Å². The molecule has 2 aromatic heterocycles. The molecule has 0 radical (unpaired) electrons. The van der Waals surface area contributed by atoms with Gasteiger partial charge in [-0.3, -0.25) is 0 Å². The third kappa shape index (κ3) is 5.40. The SMILES string of the molecule is ClCc1ccc(Cl)nc1.ClCc1cccnc1Cl. The van der Waals surface area contributed by atoms with Crippen molar-refractivity contribution >= 4 is 46.4 Å². The largest absolute Gasteiger partial charge is 0.244 e. The smallest absolute Gasteiger partial charge is 0.133 e. The summed E-state index contributed by atoms with van der Waals surface area (Å²) in [4.78, 5) is 7.66. The van der Waals surface area contributed by atoms with Crippen molar-refractivity contribution < 1.29 is 0 Å². The Kier molecular flexibility index (Phi) is 7.36. The number of nitrogens with zero attached hydrogens (tertiary/aromatic N) is 2. The molecular formula is C12H10Cl4N2. The molecule has 96 valence electrons. The van der Waals surface area contributed by atoms with Gasteiger partial charge in [-0.15, -0.1) is 23.2 Å². The minimum absolute atomic E-state index is 0.423. The normalized spacial score (nSPS) is 9.56. The standard InChI is InChI=1S/2C6H5Cl2N/c7-3-5-1-2-6(8)9-4-5;7-4-5-2-1-3-9-6(5)8/h1-2,4H,3H2;1-3H,4H2. The van der Waals surface area contributed by atoms with Gasteiger partial charge >= 0.3 is 0 Å². The first-order chi connectivity index (χ1) is 8.67. The van der Waals surface area contributed by atoms with E-state index in [1.54, 1.807) is 18.5 Å². The van der Waals surface area contributed by atoms with Crippen LogP contribution >= 0.6 is 46.4 Å². The van der Waals surface area contributed by atoms with Crippen molar-refractivity contribution in [2.24, 2.45) is 0 Å². The molecule has 0 aliphatic carbocycles. The van der Waals surface area contributed by atoms with E-state index >= 15 is 0 Å². The molecule has 0 saturated heterocycles. The highest BCUT2D eigenvalue weighted by Crippen LogP contribution is 2.12. The Morgan fingerprint density at radius 2 is 1.72 bits per heavy atom. The quantitative estimate of drug-likeness (QED) is 0.577. The zero-order valence-electron chi connectivity index (χ0n) is 9.28. The van der Waals surface area contributed by atoms with Crippen molar-refractivity contribution in [2.45, 2.75) is 11.8 Å². The summed E-state index contributed by atoms with van der Waals surface area (Å²) in [6.07, 6.45) is 3.30. The molecule has 0 atom stereocenters. The molecule has 0 amide bonds. The second-order valence-corrected chi connectivity index (χ2v) is 4.49. The van der Waals surface area contributed by atoms with Crippen LogP contribution in [0.3, 0.4) is 0 Å². The maximum absolute atomic E-state index is 5.63. The van der Waals surface area contributed by atoms with Crippen molar-refractivity contribution in [1.82, 2.24) is 9.97 Å². The molecule has 0 saturated carbocycles. The first-order valence-corrected chi connectivity index (χ1v) is 6.81. The Hall–Kier alpha value is -0.540. The number of halogens is 4. The first-order valence-electron chi connectivity index (χ1n) is 4.99. The van der Waals surface area contributed by atoms with Gasteiger partial charge in [0.05, 0.1) is 5.88 Å². The lowest BCUT2D eigenvalue weighted by molar-refractivity contribution is 1.25. The molecule has 2 nitrogen and oxygen atoms in total. The molecule has 2 heterocycles. The predicted octanol–water partition coefficient (Wildman–Crippen LogP) is 4.95. The Morgan fingerprint density at radius 3 is 2.17 bits per heavy atom. The Labute approximate surface area is 126 Å². The predicted molar refractivity (Wildman–Crippen MR) is 77.6 cm³/mol. The van der Waals surface area contributed by atoms with E-state index in [2.05, 4.69) is 9.97 Å². The van der Waals surface area contributed by atoms with Crippen LogP contribution in [0.5, 0.6) is 0 Å². The summed E-state index contributed by atoms with van der Waals surface area (Å²) in [6.45, 7) is 0. The van der Waals surface area contributed by atoms with E-state index in [0.29, 0.717) is 22.1 Å². The van der Waals surface area contributed by atoms with Crippen molar-refractivity contribution in [3.05, 3.63) is 58.1 Å². The maximum Gasteiger partial charge on any atom is 0.133 e. The Morgan fingerprint density at radius 1 is 0.944 bits per heavy atom. The number of hydrogen-bond donors (Lipinski definition) is 0. The van der Waals surface area contributed by atoms with Crippen LogP contribution in [0.15, 0.2) is 36.7 Å². The fourth-order valence-corrected chi connectivity index (χ4v) is 1.74. The summed E-state index contributed by atoms with van der Waals surface area (Å²) in [5.41, 5.74) is 1.86.